The number of urea groups is 1. The molecular formula is C11H18N2O2. The molecule has 2 amide bonds. The lowest BCUT2D eigenvalue weighted by Gasteiger charge is -2.30. The first kappa shape index (κ1) is 10.5. The highest BCUT2D eigenvalue weighted by Crippen LogP contribution is 2.31. The Morgan fingerprint density at radius 3 is 2.80 bits per heavy atom. The van der Waals surface area contributed by atoms with Gasteiger partial charge in [0.25, 0.3) is 0 Å². The first-order valence-electron chi connectivity index (χ1n) is 5.71. The molecule has 1 atom stereocenters. The summed E-state index contributed by atoms with van der Waals surface area (Å²) in [7, 11) is 0. The van der Waals surface area contributed by atoms with Crippen molar-refractivity contribution in [2.24, 2.45) is 5.92 Å². The zero-order chi connectivity index (χ0) is 10.8. The van der Waals surface area contributed by atoms with Gasteiger partial charge in [-0.2, -0.15) is 0 Å². The lowest BCUT2D eigenvalue weighted by atomic mass is 9.80. The number of nitrogens with zero attached hydrogens (tertiary/aromatic N) is 1. The van der Waals surface area contributed by atoms with Crippen LogP contribution in [0.2, 0.25) is 0 Å². The van der Waals surface area contributed by atoms with E-state index in [1.807, 2.05) is 0 Å². The Morgan fingerprint density at radius 2 is 2.27 bits per heavy atom. The van der Waals surface area contributed by atoms with Gasteiger partial charge in [0.15, 0.2) is 0 Å². The van der Waals surface area contributed by atoms with E-state index in [-0.39, 0.29) is 11.8 Å². The van der Waals surface area contributed by atoms with Gasteiger partial charge in [-0.1, -0.05) is 6.42 Å². The van der Waals surface area contributed by atoms with Crippen LogP contribution in [0.4, 0.5) is 4.79 Å². The Labute approximate surface area is 90.0 Å². The van der Waals surface area contributed by atoms with Crippen LogP contribution in [-0.2, 0) is 4.79 Å². The molecule has 2 fully saturated rings. The summed E-state index contributed by atoms with van der Waals surface area (Å²) >= 11 is 0. The number of Topliss-reactive ketones (excluding diaryl/α,β-unsaturated/α-hetero) is 1. The molecule has 0 aromatic carbocycles. The molecule has 4 nitrogen and oxygen atoms in total. The average molecular weight is 210 g/mol. The van der Waals surface area contributed by atoms with E-state index in [0.717, 1.165) is 6.54 Å². The molecule has 0 aromatic rings. The van der Waals surface area contributed by atoms with Crippen molar-refractivity contribution in [2.45, 2.75) is 38.6 Å². The molecule has 4 heteroatoms. The predicted molar refractivity (Wildman–Crippen MR) is 56.5 cm³/mol. The van der Waals surface area contributed by atoms with Crippen LogP contribution in [0.1, 0.15) is 32.6 Å². The molecule has 0 bridgehead atoms. The third-order valence-corrected chi connectivity index (χ3v) is 3.47. The monoisotopic (exact) mass is 210 g/mol. The Morgan fingerprint density at radius 1 is 1.53 bits per heavy atom. The van der Waals surface area contributed by atoms with Gasteiger partial charge in [-0.25, -0.2) is 4.79 Å². The fourth-order valence-corrected chi connectivity index (χ4v) is 2.21. The summed E-state index contributed by atoms with van der Waals surface area (Å²) in [5, 5.41) is 3.01. The maximum atomic E-state index is 11.5. The van der Waals surface area contributed by atoms with Gasteiger partial charge in [-0.15, -0.1) is 0 Å². The average Bonchev–Trinajstić information content (AvgIpc) is 2.40. The highest BCUT2D eigenvalue weighted by molar-refractivity contribution is 5.79. The van der Waals surface area contributed by atoms with Gasteiger partial charge >= 0.3 is 6.03 Å². The number of hydrogen-bond acceptors (Lipinski definition) is 2. The number of ketones is 1. The van der Waals surface area contributed by atoms with Gasteiger partial charge in [-0.3, -0.25) is 4.79 Å². The number of nitrogens with one attached hydrogen (secondary N) is 1. The minimum Gasteiger partial charge on any atom is -0.333 e. The zero-order valence-electron chi connectivity index (χ0n) is 9.16. The summed E-state index contributed by atoms with van der Waals surface area (Å²) in [6.07, 6.45) is 4.26. The molecular weight excluding hydrogens is 192 g/mol. The highest BCUT2D eigenvalue weighted by atomic mass is 16.2. The lowest BCUT2D eigenvalue weighted by molar-refractivity contribution is -0.117. The van der Waals surface area contributed by atoms with Crippen molar-refractivity contribution in [1.82, 2.24) is 10.2 Å². The van der Waals surface area contributed by atoms with Crippen LogP contribution < -0.4 is 5.32 Å². The molecule has 1 aliphatic heterocycles. The summed E-state index contributed by atoms with van der Waals surface area (Å²) in [6, 6.07) is 0.339. The molecule has 1 heterocycles. The molecule has 84 valence electrons. The molecule has 1 aliphatic carbocycles. The van der Waals surface area contributed by atoms with Crippen LogP contribution >= 0.6 is 0 Å². The standard InChI is InChI=1S/C11H18N2O2/c1-8(14)5-6-13-7-10(12-11(13)15)9-3-2-4-9/h9-10H,2-7H2,1H3,(H,12,15). The van der Waals surface area contributed by atoms with Crippen molar-refractivity contribution >= 4 is 11.8 Å². The van der Waals surface area contributed by atoms with E-state index in [1.165, 1.54) is 19.3 Å². The van der Waals surface area contributed by atoms with Gasteiger partial charge in [0, 0.05) is 19.5 Å². The number of carbonyl (C=O) groups is 2. The van der Waals surface area contributed by atoms with E-state index in [2.05, 4.69) is 5.32 Å². The second-order valence-electron chi connectivity index (χ2n) is 4.64. The summed E-state index contributed by atoms with van der Waals surface area (Å²) < 4.78 is 0. The second-order valence-corrected chi connectivity index (χ2v) is 4.64. The fourth-order valence-electron chi connectivity index (χ4n) is 2.21. The van der Waals surface area contributed by atoms with Crippen LogP contribution in [0.15, 0.2) is 0 Å². The van der Waals surface area contributed by atoms with Gasteiger partial charge in [0.05, 0.1) is 6.04 Å². The van der Waals surface area contributed by atoms with Gasteiger partial charge in [0.1, 0.15) is 5.78 Å². The molecule has 1 saturated carbocycles. The van der Waals surface area contributed by atoms with E-state index >= 15 is 0 Å². The number of amides is 2. The molecule has 2 aliphatic rings. The molecule has 0 radical (unpaired) electrons. The van der Waals surface area contributed by atoms with Crippen molar-refractivity contribution in [2.75, 3.05) is 13.1 Å². The molecule has 15 heavy (non-hydrogen) atoms. The first-order valence-corrected chi connectivity index (χ1v) is 5.71. The highest BCUT2D eigenvalue weighted by Gasteiger charge is 2.36. The van der Waals surface area contributed by atoms with E-state index < -0.39 is 0 Å². The molecule has 2 rings (SSSR count). The maximum Gasteiger partial charge on any atom is 0.317 e. The molecule has 1 saturated heterocycles. The summed E-state index contributed by atoms with van der Waals surface area (Å²) in [4.78, 5) is 24.1. The van der Waals surface area contributed by atoms with Crippen molar-refractivity contribution in [3.8, 4) is 0 Å². The SMILES string of the molecule is CC(=O)CCN1CC(C2CCC2)NC1=O. The zero-order valence-corrected chi connectivity index (χ0v) is 9.16. The minimum absolute atomic E-state index is 0.00755. The van der Waals surface area contributed by atoms with Gasteiger partial charge < -0.3 is 10.2 Å². The van der Waals surface area contributed by atoms with E-state index in [1.54, 1.807) is 11.8 Å². The van der Waals surface area contributed by atoms with Crippen molar-refractivity contribution < 1.29 is 9.59 Å². The Hall–Kier alpha value is -1.06. The van der Waals surface area contributed by atoms with Crippen LogP contribution in [-0.4, -0.2) is 35.8 Å². The third kappa shape index (κ3) is 2.30. The number of hydrogen-bond donors (Lipinski definition) is 1. The fraction of sp³-hybridized carbons (Fsp3) is 0.818. The molecule has 1 unspecified atom stereocenters. The van der Waals surface area contributed by atoms with Crippen LogP contribution in [0.25, 0.3) is 0 Å². The third-order valence-electron chi connectivity index (χ3n) is 3.47. The molecule has 1 N–H and O–H groups in total. The molecule has 0 spiro atoms. The van der Waals surface area contributed by atoms with Crippen LogP contribution in [0.5, 0.6) is 0 Å². The normalized spacial score (nSPS) is 26.3. The quantitative estimate of drug-likeness (QED) is 0.757. The Balaban J connectivity index is 1.81. The smallest absolute Gasteiger partial charge is 0.317 e. The van der Waals surface area contributed by atoms with E-state index in [4.69, 9.17) is 0 Å². The molecule has 0 aromatic heterocycles. The van der Waals surface area contributed by atoms with E-state index in [0.29, 0.717) is 24.9 Å². The van der Waals surface area contributed by atoms with Gasteiger partial charge in [0.2, 0.25) is 0 Å². The van der Waals surface area contributed by atoms with Crippen LogP contribution in [0.3, 0.4) is 0 Å². The first-order chi connectivity index (χ1) is 7.16. The van der Waals surface area contributed by atoms with Gasteiger partial charge in [-0.05, 0) is 25.7 Å². The summed E-state index contributed by atoms with van der Waals surface area (Å²) in [5.74, 6) is 0.825. The second kappa shape index (κ2) is 4.21. The van der Waals surface area contributed by atoms with Crippen molar-refractivity contribution in [3.05, 3.63) is 0 Å². The summed E-state index contributed by atoms with van der Waals surface area (Å²) in [5.41, 5.74) is 0. The lowest BCUT2D eigenvalue weighted by Crippen LogP contribution is -2.37. The van der Waals surface area contributed by atoms with Crippen molar-refractivity contribution in [3.63, 3.8) is 0 Å². The van der Waals surface area contributed by atoms with E-state index in [9.17, 15) is 9.59 Å². The summed E-state index contributed by atoms with van der Waals surface area (Å²) in [6.45, 7) is 2.93. The topological polar surface area (TPSA) is 49.4 Å². The maximum absolute atomic E-state index is 11.5. The van der Waals surface area contributed by atoms with Crippen molar-refractivity contribution in [1.29, 1.82) is 0 Å². The number of rotatable bonds is 4. The van der Waals surface area contributed by atoms with Crippen LogP contribution in [0, 0.1) is 5.92 Å². The predicted octanol–water partition coefficient (Wildman–Crippen LogP) is 1.16. The largest absolute Gasteiger partial charge is 0.333 e. The number of carbonyl (C=O) groups excluding carboxylic acids is 2. The Bertz CT molecular complexity index is 274. The Kier molecular flexibility index (Phi) is 2.93. The minimum atomic E-state index is 0.00755.